The third kappa shape index (κ3) is 5.26. The third-order valence-corrected chi connectivity index (χ3v) is 12.0. The number of benzene rings is 7. The second kappa shape index (κ2) is 13.2. The van der Waals surface area contributed by atoms with Crippen LogP contribution < -0.4 is 9.64 Å². The Balaban J connectivity index is 0.943. The summed E-state index contributed by atoms with van der Waals surface area (Å²) >= 11 is 0. The maximum Gasteiger partial charge on any atom is 0.130 e. The highest BCUT2D eigenvalue weighted by atomic mass is 16.5. The summed E-state index contributed by atoms with van der Waals surface area (Å²) in [6.07, 6.45) is 12.8. The predicted molar refractivity (Wildman–Crippen MR) is 234 cm³/mol. The zero-order valence-corrected chi connectivity index (χ0v) is 31.2. The fourth-order valence-corrected chi connectivity index (χ4v) is 9.36. The Hall–Kier alpha value is -6.84. The van der Waals surface area contributed by atoms with Gasteiger partial charge in [0.1, 0.15) is 11.5 Å². The lowest BCUT2D eigenvalue weighted by atomic mass is 9.78. The van der Waals surface area contributed by atoms with E-state index in [4.69, 9.17) is 4.74 Å². The molecule has 2 heterocycles. The van der Waals surface area contributed by atoms with E-state index in [2.05, 4.69) is 211 Å². The van der Waals surface area contributed by atoms with Crippen molar-refractivity contribution in [2.45, 2.75) is 19.3 Å². The Morgan fingerprint density at radius 3 is 2.20 bits per heavy atom. The molecule has 8 aromatic rings. The molecule has 56 heavy (non-hydrogen) atoms. The van der Waals surface area contributed by atoms with Gasteiger partial charge in [0, 0.05) is 50.6 Å². The molecule has 1 aromatic heterocycles. The van der Waals surface area contributed by atoms with Gasteiger partial charge in [0.25, 0.3) is 0 Å². The molecule has 0 fully saturated rings. The summed E-state index contributed by atoms with van der Waals surface area (Å²) in [5.41, 5.74) is 12.1. The minimum absolute atomic E-state index is 0.253. The van der Waals surface area contributed by atoms with E-state index in [0.717, 1.165) is 35.0 Å². The fourth-order valence-electron chi connectivity index (χ4n) is 9.36. The quantitative estimate of drug-likeness (QED) is 0.170. The lowest BCUT2D eigenvalue weighted by Gasteiger charge is -2.28. The predicted octanol–water partition coefficient (Wildman–Crippen LogP) is 14.1. The topological polar surface area (TPSA) is 17.4 Å². The first kappa shape index (κ1) is 32.6. The number of hydrogen-bond donors (Lipinski definition) is 0. The molecule has 0 radical (unpaired) electrons. The van der Waals surface area contributed by atoms with Crippen LogP contribution in [0.15, 0.2) is 206 Å². The molecule has 268 valence electrons. The van der Waals surface area contributed by atoms with Crippen LogP contribution in [0.2, 0.25) is 0 Å². The number of ether oxygens (including phenoxy) is 1. The Labute approximate surface area is 327 Å². The van der Waals surface area contributed by atoms with Crippen molar-refractivity contribution in [1.82, 2.24) is 4.57 Å². The molecule has 0 N–H and O–H groups in total. The summed E-state index contributed by atoms with van der Waals surface area (Å²) in [6.45, 7) is 2.34. The number of aromatic nitrogens is 1. The number of fused-ring (bicyclic) bond motifs is 7. The number of nitrogens with zero attached hydrogens (tertiary/aromatic N) is 2. The third-order valence-electron chi connectivity index (χ3n) is 12.0. The molecule has 3 atom stereocenters. The summed E-state index contributed by atoms with van der Waals surface area (Å²) in [5.74, 6) is 3.00. The first-order chi connectivity index (χ1) is 27.7. The lowest BCUT2D eigenvalue weighted by molar-refractivity contribution is 0.404. The molecule has 0 saturated heterocycles. The first-order valence-electron chi connectivity index (χ1n) is 19.7. The second-order valence-corrected chi connectivity index (χ2v) is 15.3. The van der Waals surface area contributed by atoms with E-state index in [-0.39, 0.29) is 5.92 Å². The van der Waals surface area contributed by atoms with Crippen LogP contribution in [0.25, 0.3) is 49.4 Å². The van der Waals surface area contributed by atoms with Crippen molar-refractivity contribution >= 4 is 55.3 Å². The van der Waals surface area contributed by atoms with Crippen molar-refractivity contribution in [1.29, 1.82) is 0 Å². The van der Waals surface area contributed by atoms with Crippen molar-refractivity contribution < 1.29 is 4.74 Å². The van der Waals surface area contributed by atoms with Crippen LogP contribution in [0.3, 0.4) is 0 Å². The van der Waals surface area contributed by atoms with Gasteiger partial charge in [-0.2, -0.15) is 0 Å². The molecule has 3 heteroatoms. The molecule has 0 amide bonds. The zero-order chi connectivity index (χ0) is 37.2. The Bertz CT molecular complexity index is 2940. The van der Waals surface area contributed by atoms with Crippen molar-refractivity contribution in [3.8, 4) is 16.9 Å². The van der Waals surface area contributed by atoms with Gasteiger partial charge in [-0.15, -0.1) is 0 Å². The van der Waals surface area contributed by atoms with Crippen molar-refractivity contribution in [2.75, 3.05) is 4.90 Å². The fraction of sp³-hybridized carbons (Fsp3) is 0.0943. The standard InChI is InChI=1S/C53H40N2O/c1-35-33-41(30-31-42(35)46-20-12-21-47-45-19-8-10-24-52(45)56-53(46)47)55-50-22-9-7-18-44(50)48-34-38(27-32-51(48)55)36-25-28-40(29-26-36)54(39-15-3-2-4-16-39)49-23-11-14-37-13-5-6-17-43(37)49/h2-20,22-35,42,47H,21H2,1H3. The molecule has 3 unspecified atom stereocenters. The number of rotatable bonds is 6. The summed E-state index contributed by atoms with van der Waals surface area (Å²) in [6, 6.07) is 59.1. The van der Waals surface area contributed by atoms with Crippen LogP contribution in [0.1, 0.15) is 24.8 Å². The van der Waals surface area contributed by atoms with Crippen LogP contribution in [0.4, 0.5) is 17.1 Å². The smallest absolute Gasteiger partial charge is 0.130 e. The van der Waals surface area contributed by atoms with Gasteiger partial charge < -0.3 is 14.2 Å². The van der Waals surface area contributed by atoms with Crippen LogP contribution in [-0.2, 0) is 0 Å². The van der Waals surface area contributed by atoms with E-state index in [1.807, 2.05) is 0 Å². The molecular formula is C53H40N2O. The van der Waals surface area contributed by atoms with Crippen LogP contribution >= 0.6 is 0 Å². The molecule has 7 aromatic carbocycles. The zero-order valence-electron chi connectivity index (χ0n) is 31.2. The summed E-state index contributed by atoms with van der Waals surface area (Å²) in [5, 5.41) is 4.97. The molecule has 2 aliphatic carbocycles. The van der Waals surface area contributed by atoms with Crippen molar-refractivity contribution in [3.05, 3.63) is 211 Å². The summed E-state index contributed by atoms with van der Waals surface area (Å²) in [7, 11) is 0. The van der Waals surface area contributed by atoms with Crippen LogP contribution in [0.5, 0.6) is 5.75 Å². The van der Waals surface area contributed by atoms with Crippen molar-refractivity contribution in [3.63, 3.8) is 0 Å². The normalized spacial score (nSPS) is 18.6. The minimum atomic E-state index is 0.253. The van der Waals surface area contributed by atoms with E-state index < -0.39 is 0 Å². The highest BCUT2D eigenvalue weighted by Gasteiger charge is 2.36. The monoisotopic (exact) mass is 720 g/mol. The molecule has 0 saturated carbocycles. The molecule has 11 rings (SSSR count). The van der Waals surface area contributed by atoms with E-state index in [0.29, 0.717) is 11.8 Å². The van der Waals surface area contributed by atoms with E-state index in [9.17, 15) is 0 Å². The summed E-state index contributed by atoms with van der Waals surface area (Å²) < 4.78 is 8.97. The Morgan fingerprint density at radius 1 is 0.607 bits per heavy atom. The summed E-state index contributed by atoms with van der Waals surface area (Å²) in [4.78, 5) is 2.36. The van der Waals surface area contributed by atoms with Gasteiger partial charge in [0.05, 0.1) is 16.7 Å². The van der Waals surface area contributed by atoms with Crippen LogP contribution in [0, 0.1) is 11.8 Å². The largest absolute Gasteiger partial charge is 0.460 e. The van der Waals surface area contributed by atoms with Gasteiger partial charge in [-0.1, -0.05) is 140 Å². The lowest BCUT2D eigenvalue weighted by Crippen LogP contribution is -2.19. The highest BCUT2D eigenvalue weighted by Crippen LogP contribution is 2.49. The minimum Gasteiger partial charge on any atom is -0.460 e. The van der Waals surface area contributed by atoms with Crippen molar-refractivity contribution in [2.24, 2.45) is 11.8 Å². The molecule has 0 spiro atoms. The number of allylic oxidation sites excluding steroid dienone is 8. The van der Waals surface area contributed by atoms with Gasteiger partial charge in [0.15, 0.2) is 0 Å². The van der Waals surface area contributed by atoms with Gasteiger partial charge in [0.2, 0.25) is 0 Å². The SMILES string of the molecule is CC1C=C(n2c3ccccc3c3cc(-c4ccc(N(c5ccccc5)c5cccc6ccccc56)cc4)ccc32)C=CC1C1=C2Oc3ccccc3C2CC=C1. The molecular weight excluding hydrogens is 681 g/mol. The van der Waals surface area contributed by atoms with E-state index >= 15 is 0 Å². The highest BCUT2D eigenvalue weighted by molar-refractivity contribution is 6.11. The first-order valence-corrected chi connectivity index (χ1v) is 19.7. The average molecular weight is 721 g/mol. The van der Waals surface area contributed by atoms with Crippen LogP contribution in [-0.4, -0.2) is 4.57 Å². The van der Waals surface area contributed by atoms with Gasteiger partial charge in [-0.05, 0) is 95.1 Å². The van der Waals surface area contributed by atoms with Gasteiger partial charge >= 0.3 is 0 Å². The number of para-hydroxylation sites is 3. The second-order valence-electron chi connectivity index (χ2n) is 15.3. The van der Waals surface area contributed by atoms with E-state index in [1.165, 1.54) is 60.5 Å². The maximum atomic E-state index is 6.53. The Kier molecular flexibility index (Phi) is 7.67. The molecule has 3 nitrogen and oxygen atoms in total. The average Bonchev–Trinajstić information content (AvgIpc) is 3.80. The number of anilines is 3. The number of hydrogen-bond acceptors (Lipinski definition) is 2. The van der Waals surface area contributed by atoms with Gasteiger partial charge in [-0.25, -0.2) is 0 Å². The molecule has 1 aliphatic heterocycles. The molecule has 3 aliphatic rings. The van der Waals surface area contributed by atoms with Gasteiger partial charge in [-0.3, -0.25) is 0 Å². The maximum absolute atomic E-state index is 6.53. The van der Waals surface area contributed by atoms with E-state index in [1.54, 1.807) is 0 Å². The Morgan fingerprint density at radius 2 is 1.32 bits per heavy atom. The molecule has 0 bridgehead atoms.